The topological polar surface area (TPSA) is 43.4 Å². The Labute approximate surface area is 105 Å². The molecule has 101 valence electrons. The fourth-order valence-electron chi connectivity index (χ4n) is 1.08. The van der Waals surface area contributed by atoms with Crippen molar-refractivity contribution in [2.45, 2.75) is 12.9 Å². The molecule has 0 aliphatic heterocycles. The van der Waals surface area contributed by atoms with Gasteiger partial charge in [0.2, 0.25) is 0 Å². The van der Waals surface area contributed by atoms with Gasteiger partial charge in [-0.2, -0.15) is 8.42 Å². The van der Waals surface area contributed by atoms with E-state index in [1.165, 1.54) is 0 Å². The molecule has 0 amide bonds. The fourth-order valence-corrected chi connectivity index (χ4v) is 1.75. The number of alkyl halides is 4. The maximum absolute atomic E-state index is 12.6. The summed E-state index contributed by atoms with van der Waals surface area (Å²) in [7, 11) is -4.09. The standard InChI is InChI=1S/C9H6ClF4O3S/c1-18(15,16)17-7-3-6(10)4(8(11)12)2-5(7)9(13)14/h2,8-9H,1H3. The van der Waals surface area contributed by atoms with Crippen molar-refractivity contribution in [2.24, 2.45) is 0 Å². The fraction of sp³-hybridized carbons (Fsp3) is 0.333. The molecular weight excluding hydrogens is 300 g/mol. The van der Waals surface area contributed by atoms with Gasteiger partial charge in [-0.25, -0.2) is 17.6 Å². The van der Waals surface area contributed by atoms with Crippen LogP contribution < -0.4 is 4.18 Å². The van der Waals surface area contributed by atoms with Crippen LogP contribution in [0.2, 0.25) is 5.02 Å². The smallest absolute Gasteiger partial charge is 0.306 e. The van der Waals surface area contributed by atoms with Gasteiger partial charge < -0.3 is 4.18 Å². The minimum absolute atomic E-state index is 0.397. The molecule has 0 aromatic heterocycles. The van der Waals surface area contributed by atoms with Crippen molar-refractivity contribution in [3.05, 3.63) is 28.3 Å². The number of benzene rings is 1. The van der Waals surface area contributed by atoms with Gasteiger partial charge in [0.05, 0.1) is 22.9 Å². The number of rotatable bonds is 4. The van der Waals surface area contributed by atoms with Gasteiger partial charge in [-0.1, -0.05) is 11.6 Å². The average molecular weight is 306 g/mol. The zero-order valence-corrected chi connectivity index (χ0v) is 10.3. The Morgan fingerprint density at radius 1 is 1.22 bits per heavy atom. The Hall–Kier alpha value is -1.02. The minimum Gasteiger partial charge on any atom is -0.381 e. The van der Waals surface area contributed by atoms with Crippen molar-refractivity contribution in [2.75, 3.05) is 6.26 Å². The number of hydrogen-bond donors (Lipinski definition) is 0. The van der Waals surface area contributed by atoms with Crippen LogP contribution in [-0.2, 0) is 10.1 Å². The van der Waals surface area contributed by atoms with Crippen molar-refractivity contribution in [3.8, 4) is 5.75 Å². The van der Waals surface area contributed by atoms with Crippen molar-refractivity contribution < 1.29 is 30.2 Å². The van der Waals surface area contributed by atoms with E-state index in [4.69, 9.17) is 11.6 Å². The van der Waals surface area contributed by atoms with Crippen LogP contribution in [0.15, 0.2) is 6.07 Å². The maximum Gasteiger partial charge on any atom is 0.306 e. The quantitative estimate of drug-likeness (QED) is 0.633. The molecule has 0 saturated carbocycles. The number of hydrogen-bond acceptors (Lipinski definition) is 3. The largest absolute Gasteiger partial charge is 0.381 e. The van der Waals surface area contributed by atoms with E-state index < -0.39 is 44.9 Å². The van der Waals surface area contributed by atoms with Gasteiger partial charge in [0, 0.05) is 5.56 Å². The molecule has 1 aromatic rings. The summed E-state index contributed by atoms with van der Waals surface area (Å²) < 4.78 is 75.9. The molecule has 3 nitrogen and oxygen atoms in total. The highest BCUT2D eigenvalue weighted by atomic mass is 35.5. The second kappa shape index (κ2) is 5.31. The summed E-state index contributed by atoms with van der Waals surface area (Å²) in [6.45, 7) is 0. The van der Waals surface area contributed by atoms with Crippen LogP contribution in [-0.4, -0.2) is 14.7 Å². The first-order valence-corrected chi connectivity index (χ1v) is 6.52. The Bertz CT molecular complexity index is 545. The van der Waals surface area contributed by atoms with Gasteiger partial charge in [-0.05, 0) is 6.07 Å². The predicted molar refractivity (Wildman–Crippen MR) is 55.7 cm³/mol. The average Bonchev–Trinajstić information content (AvgIpc) is 2.13. The third-order valence-corrected chi connectivity index (χ3v) is 2.54. The van der Waals surface area contributed by atoms with E-state index in [0.29, 0.717) is 12.3 Å². The highest BCUT2D eigenvalue weighted by molar-refractivity contribution is 7.86. The Morgan fingerprint density at radius 3 is 2.11 bits per heavy atom. The van der Waals surface area contributed by atoms with Gasteiger partial charge in [0.25, 0.3) is 12.9 Å². The van der Waals surface area contributed by atoms with Gasteiger partial charge in [-0.15, -0.1) is 0 Å². The van der Waals surface area contributed by atoms with E-state index in [0.717, 1.165) is 0 Å². The minimum atomic E-state index is -4.09. The van der Waals surface area contributed by atoms with E-state index in [9.17, 15) is 26.0 Å². The number of halogens is 5. The highest BCUT2D eigenvalue weighted by Gasteiger charge is 2.23. The van der Waals surface area contributed by atoms with Gasteiger partial charge in [0.15, 0.2) is 5.75 Å². The Balaban J connectivity index is 3.38. The summed E-state index contributed by atoms with van der Waals surface area (Å²) in [4.78, 5) is 0. The molecule has 0 saturated heterocycles. The molecule has 0 unspecified atom stereocenters. The summed E-state index contributed by atoms with van der Waals surface area (Å²) in [6.07, 6.45) is -5.67. The SMILES string of the molecule is CS(=O)(=O)Oc1[c]c(Cl)c(C(F)F)cc1C(F)F. The second-order valence-corrected chi connectivity index (χ2v) is 5.16. The van der Waals surface area contributed by atoms with Crippen LogP contribution in [0.5, 0.6) is 5.75 Å². The van der Waals surface area contributed by atoms with Crippen LogP contribution in [0, 0.1) is 6.07 Å². The lowest BCUT2D eigenvalue weighted by atomic mass is 10.1. The van der Waals surface area contributed by atoms with Crippen molar-refractivity contribution >= 4 is 21.7 Å². The first-order valence-electron chi connectivity index (χ1n) is 4.33. The predicted octanol–water partition coefficient (Wildman–Crippen LogP) is 3.35. The zero-order valence-electron chi connectivity index (χ0n) is 8.75. The molecule has 0 bridgehead atoms. The van der Waals surface area contributed by atoms with Crippen LogP contribution in [0.25, 0.3) is 0 Å². The second-order valence-electron chi connectivity index (χ2n) is 3.21. The normalized spacial score (nSPS) is 12.2. The molecule has 0 spiro atoms. The third kappa shape index (κ3) is 3.74. The summed E-state index contributed by atoms with van der Waals surface area (Å²) in [5.41, 5.74) is -1.88. The molecule has 0 fully saturated rings. The van der Waals surface area contributed by atoms with Gasteiger partial charge in [0.1, 0.15) is 0 Å². The summed E-state index contributed by atoms with van der Waals surface area (Å²) in [6, 6.07) is 2.27. The molecule has 9 heteroatoms. The maximum atomic E-state index is 12.6. The molecule has 0 N–H and O–H groups in total. The molecule has 0 aliphatic carbocycles. The van der Waals surface area contributed by atoms with Crippen LogP contribution in [0.3, 0.4) is 0 Å². The monoisotopic (exact) mass is 305 g/mol. The van der Waals surface area contributed by atoms with Crippen molar-refractivity contribution in [3.63, 3.8) is 0 Å². The van der Waals surface area contributed by atoms with Crippen molar-refractivity contribution in [1.29, 1.82) is 0 Å². The molecular formula is C9H6ClF4O3S. The lowest BCUT2D eigenvalue weighted by molar-refractivity contribution is 0.142. The molecule has 1 aromatic carbocycles. The zero-order chi connectivity index (χ0) is 14.1. The molecule has 1 radical (unpaired) electrons. The van der Waals surface area contributed by atoms with E-state index >= 15 is 0 Å². The molecule has 0 aliphatic rings. The molecule has 0 heterocycles. The Morgan fingerprint density at radius 2 is 1.72 bits per heavy atom. The lowest BCUT2D eigenvalue weighted by Gasteiger charge is -2.12. The van der Waals surface area contributed by atoms with Gasteiger partial charge in [-0.3, -0.25) is 0 Å². The van der Waals surface area contributed by atoms with E-state index in [1.54, 1.807) is 0 Å². The molecule has 0 atom stereocenters. The van der Waals surface area contributed by atoms with E-state index in [-0.39, 0.29) is 0 Å². The van der Waals surface area contributed by atoms with Crippen LogP contribution in [0.1, 0.15) is 24.0 Å². The van der Waals surface area contributed by atoms with Crippen LogP contribution in [0.4, 0.5) is 17.6 Å². The van der Waals surface area contributed by atoms with Crippen LogP contribution >= 0.6 is 11.6 Å². The highest BCUT2D eigenvalue weighted by Crippen LogP contribution is 2.37. The first kappa shape index (κ1) is 15.0. The Kier molecular flexibility index (Phi) is 4.44. The lowest BCUT2D eigenvalue weighted by Crippen LogP contribution is -2.08. The van der Waals surface area contributed by atoms with E-state index in [1.807, 2.05) is 6.07 Å². The summed E-state index contributed by atoms with van der Waals surface area (Å²) in [5.74, 6) is -0.887. The van der Waals surface area contributed by atoms with Gasteiger partial charge >= 0.3 is 10.1 Å². The first-order chi connectivity index (χ1) is 8.11. The van der Waals surface area contributed by atoms with E-state index in [2.05, 4.69) is 4.18 Å². The van der Waals surface area contributed by atoms with Crippen molar-refractivity contribution in [1.82, 2.24) is 0 Å². The summed E-state index contributed by atoms with van der Waals surface area (Å²) >= 11 is 5.37. The summed E-state index contributed by atoms with van der Waals surface area (Å²) in [5, 5.41) is -0.673. The molecule has 1 rings (SSSR count). The molecule has 18 heavy (non-hydrogen) atoms. The third-order valence-electron chi connectivity index (χ3n) is 1.75.